The average molecular weight is 345 g/mol. The third kappa shape index (κ3) is 3.10. The summed E-state index contributed by atoms with van der Waals surface area (Å²) in [4.78, 5) is 12.4. The minimum absolute atomic E-state index is 0.0382. The number of amides is 1. The molecule has 1 amide bonds. The highest BCUT2D eigenvalue weighted by molar-refractivity contribution is 9.10. The van der Waals surface area contributed by atoms with Gasteiger partial charge in [0.2, 0.25) is 5.91 Å². The number of fused-ring (bicyclic) bond motifs is 1. The second-order valence-corrected chi connectivity index (χ2v) is 6.29. The van der Waals surface area contributed by atoms with Crippen molar-refractivity contribution in [3.8, 4) is 0 Å². The molecule has 0 saturated heterocycles. The highest BCUT2D eigenvalue weighted by Gasteiger charge is 2.24. The van der Waals surface area contributed by atoms with Crippen LogP contribution in [0.25, 0.3) is 0 Å². The number of hydrogen-bond acceptors (Lipinski definition) is 2. The lowest BCUT2D eigenvalue weighted by molar-refractivity contribution is -0.120. The smallest absolute Gasteiger partial charge is 0.227 e. The fraction of sp³-hybridized carbons (Fsp3) is 0.235. The van der Waals surface area contributed by atoms with Gasteiger partial charge in [-0.2, -0.15) is 0 Å². The molecule has 0 radical (unpaired) electrons. The molecule has 0 fully saturated rings. The number of rotatable bonds is 2. The van der Waals surface area contributed by atoms with E-state index in [9.17, 15) is 4.79 Å². The summed E-state index contributed by atoms with van der Waals surface area (Å²) in [6.07, 6.45) is 2.69. The van der Waals surface area contributed by atoms with Crippen LogP contribution in [-0.4, -0.2) is 5.91 Å². The van der Waals surface area contributed by atoms with Crippen LogP contribution in [0.5, 0.6) is 0 Å². The molecule has 3 rings (SSSR count). The van der Waals surface area contributed by atoms with E-state index >= 15 is 0 Å². The molecule has 0 aromatic heterocycles. The summed E-state index contributed by atoms with van der Waals surface area (Å²) >= 11 is 3.38. The molecule has 1 atom stereocenters. The molecule has 1 unspecified atom stereocenters. The van der Waals surface area contributed by atoms with E-state index in [1.165, 1.54) is 11.1 Å². The number of carbonyl (C=O) groups is 1. The Morgan fingerprint density at radius 1 is 1.19 bits per heavy atom. The summed E-state index contributed by atoms with van der Waals surface area (Å²) in [5, 5.41) is 2.99. The van der Waals surface area contributed by atoms with Gasteiger partial charge in [-0.1, -0.05) is 24.3 Å². The zero-order chi connectivity index (χ0) is 14.8. The Morgan fingerprint density at radius 3 is 2.71 bits per heavy atom. The van der Waals surface area contributed by atoms with Gasteiger partial charge in [0, 0.05) is 21.8 Å². The fourth-order valence-corrected chi connectivity index (χ4v) is 3.15. The fourth-order valence-electron chi connectivity index (χ4n) is 2.77. The van der Waals surface area contributed by atoms with Gasteiger partial charge in [-0.3, -0.25) is 4.79 Å². The molecular weight excluding hydrogens is 328 g/mol. The Hall–Kier alpha value is -1.81. The van der Waals surface area contributed by atoms with Gasteiger partial charge in [-0.05, 0) is 64.5 Å². The molecule has 1 aliphatic carbocycles. The van der Waals surface area contributed by atoms with Crippen LogP contribution < -0.4 is 11.1 Å². The van der Waals surface area contributed by atoms with E-state index in [0.29, 0.717) is 5.69 Å². The largest absolute Gasteiger partial charge is 0.398 e. The molecule has 21 heavy (non-hydrogen) atoms. The monoisotopic (exact) mass is 344 g/mol. The second kappa shape index (κ2) is 5.90. The lowest BCUT2D eigenvalue weighted by atomic mass is 9.83. The van der Waals surface area contributed by atoms with Gasteiger partial charge in [-0.15, -0.1) is 0 Å². The van der Waals surface area contributed by atoms with Crippen LogP contribution in [0.3, 0.4) is 0 Å². The Labute approximate surface area is 132 Å². The SMILES string of the molecule is Nc1ccc(NC(=O)C2CCc3ccccc3C2)cc1Br. The zero-order valence-electron chi connectivity index (χ0n) is 11.6. The van der Waals surface area contributed by atoms with Gasteiger partial charge in [-0.25, -0.2) is 0 Å². The van der Waals surface area contributed by atoms with E-state index in [4.69, 9.17) is 5.73 Å². The zero-order valence-corrected chi connectivity index (χ0v) is 13.2. The molecule has 0 saturated carbocycles. The van der Waals surface area contributed by atoms with Crippen LogP contribution in [0.1, 0.15) is 17.5 Å². The van der Waals surface area contributed by atoms with Crippen molar-refractivity contribution in [2.45, 2.75) is 19.3 Å². The van der Waals surface area contributed by atoms with Gasteiger partial charge in [0.25, 0.3) is 0 Å². The number of nitrogens with one attached hydrogen (secondary N) is 1. The molecule has 2 aromatic carbocycles. The van der Waals surface area contributed by atoms with Gasteiger partial charge in [0.1, 0.15) is 0 Å². The number of nitrogens with two attached hydrogens (primary N) is 1. The van der Waals surface area contributed by atoms with Crippen LogP contribution in [-0.2, 0) is 17.6 Å². The molecule has 0 spiro atoms. The van der Waals surface area contributed by atoms with E-state index in [1.807, 2.05) is 18.2 Å². The molecule has 3 nitrogen and oxygen atoms in total. The molecule has 0 aliphatic heterocycles. The molecule has 2 aromatic rings. The Bertz CT molecular complexity index is 684. The molecule has 0 heterocycles. The van der Waals surface area contributed by atoms with Crippen LogP contribution in [0.4, 0.5) is 11.4 Å². The normalized spacial score (nSPS) is 17.1. The number of hydrogen-bond donors (Lipinski definition) is 2. The quantitative estimate of drug-likeness (QED) is 0.814. The molecule has 1 aliphatic rings. The standard InChI is InChI=1S/C17H17BrN2O/c18-15-10-14(7-8-16(15)19)20-17(21)13-6-5-11-3-1-2-4-12(11)9-13/h1-4,7-8,10,13H,5-6,9,19H2,(H,20,21). The summed E-state index contributed by atoms with van der Waals surface area (Å²) in [5.41, 5.74) is 9.87. The predicted molar refractivity (Wildman–Crippen MR) is 89.1 cm³/mol. The minimum Gasteiger partial charge on any atom is -0.398 e. The first-order valence-electron chi connectivity index (χ1n) is 7.06. The number of aryl methyl sites for hydroxylation is 1. The molecule has 4 heteroatoms. The van der Waals surface area contributed by atoms with E-state index in [-0.39, 0.29) is 11.8 Å². The third-order valence-corrected chi connectivity index (χ3v) is 4.67. The number of halogens is 1. The number of benzene rings is 2. The lowest BCUT2D eigenvalue weighted by Crippen LogP contribution is -2.28. The highest BCUT2D eigenvalue weighted by Crippen LogP contribution is 2.27. The van der Waals surface area contributed by atoms with Crippen molar-refractivity contribution < 1.29 is 4.79 Å². The van der Waals surface area contributed by atoms with Gasteiger partial charge in [0.15, 0.2) is 0 Å². The molecule has 108 valence electrons. The molecule has 0 bridgehead atoms. The lowest BCUT2D eigenvalue weighted by Gasteiger charge is -2.23. The maximum absolute atomic E-state index is 12.4. The minimum atomic E-state index is 0.0382. The first-order chi connectivity index (χ1) is 10.1. The predicted octanol–water partition coefficient (Wildman–Crippen LogP) is 3.77. The van der Waals surface area contributed by atoms with Crippen LogP contribution in [0.2, 0.25) is 0 Å². The van der Waals surface area contributed by atoms with Crippen LogP contribution in [0.15, 0.2) is 46.9 Å². The van der Waals surface area contributed by atoms with E-state index < -0.39 is 0 Å². The van der Waals surface area contributed by atoms with Gasteiger partial charge >= 0.3 is 0 Å². The first-order valence-corrected chi connectivity index (χ1v) is 7.85. The third-order valence-electron chi connectivity index (χ3n) is 3.99. The Balaban J connectivity index is 1.70. The van der Waals surface area contributed by atoms with Gasteiger partial charge < -0.3 is 11.1 Å². The summed E-state index contributed by atoms with van der Waals surface area (Å²) < 4.78 is 0.800. The first kappa shape index (κ1) is 14.1. The number of carbonyl (C=O) groups excluding carboxylic acids is 1. The van der Waals surface area contributed by atoms with E-state index in [2.05, 4.69) is 39.4 Å². The van der Waals surface area contributed by atoms with Crippen molar-refractivity contribution in [2.24, 2.45) is 5.92 Å². The summed E-state index contributed by atoms with van der Waals surface area (Å²) in [6.45, 7) is 0. The summed E-state index contributed by atoms with van der Waals surface area (Å²) in [7, 11) is 0. The van der Waals surface area contributed by atoms with Crippen molar-refractivity contribution in [3.05, 3.63) is 58.1 Å². The molecule has 3 N–H and O–H groups in total. The van der Waals surface area contributed by atoms with Crippen molar-refractivity contribution in [1.29, 1.82) is 0 Å². The van der Waals surface area contributed by atoms with Crippen molar-refractivity contribution in [1.82, 2.24) is 0 Å². The number of anilines is 2. The Morgan fingerprint density at radius 2 is 1.95 bits per heavy atom. The van der Waals surface area contributed by atoms with Crippen molar-refractivity contribution in [3.63, 3.8) is 0 Å². The summed E-state index contributed by atoms with van der Waals surface area (Å²) in [6, 6.07) is 13.8. The second-order valence-electron chi connectivity index (χ2n) is 5.43. The summed E-state index contributed by atoms with van der Waals surface area (Å²) in [5.74, 6) is 0.123. The van der Waals surface area contributed by atoms with Crippen molar-refractivity contribution >= 4 is 33.2 Å². The maximum Gasteiger partial charge on any atom is 0.227 e. The topological polar surface area (TPSA) is 55.1 Å². The van der Waals surface area contributed by atoms with Gasteiger partial charge in [0.05, 0.1) is 0 Å². The maximum atomic E-state index is 12.4. The average Bonchev–Trinajstić information content (AvgIpc) is 2.50. The molecular formula is C17H17BrN2O. The number of nitrogen functional groups attached to an aromatic ring is 1. The van der Waals surface area contributed by atoms with Crippen molar-refractivity contribution in [2.75, 3.05) is 11.1 Å². The van der Waals surface area contributed by atoms with Crippen LogP contribution >= 0.6 is 15.9 Å². The van der Waals surface area contributed by atoms with E-state index in [0.717, 1.165) is 29.4 Å². The highest BCUT2D eigenvalue weighted by atomic mass is 79.9. The van der Waals surface area contributed by atoms with Crippen LogP contribution in [0, 0.1) is 5.92 Å². The van der Waals surface area contributed by atoms with E-state index in [1.54, 1.807) is 6.07 Å². The Kier molecular flexibility index (Phi) is 3.97.